The van der Waals surface area contributed by atoms with E-state index >= 15 is 0 Å². The Morgan fingerprint density at radius 1 is 0.968 bits per heavy atom. The molecule has 156 valence electrons. The standard InChI is InChI=1S/C24H20N2O4S/c1-29-17-10-7-15(8-11-17)22-14-31-23(25-22)16-9-12-18(20(13-16)24(27)28)19-5-3-4-6-21(19)26-30-2/h3-14,26H,1-2H3,(H,27,28)/p+1. The molecule has 0 spiro atoms. The maximum atomic E-state index is 12.1. The number of ether oxygens (including phenoxy) is 1. The van der Waals surface area contributed by atoms with Gasteiger partial charge in [0.2, 0.25) is 0 Å². The van der Waals surface area contributed by atoms with E-state index < -0.39 is 5.97 Å². The Bertz CT molecular complexity index is 1220. The van der Waals surface area contributed by atoms with Crippen LogP contribution in [0.2, 0.25) is 0 Å². The van der Waals surface area contributed by atoms with Gasteiger partial charge in [0.15, 0.2) is 5.69 Å². The van der Waals surface area contributed by atoms with Crippen LogP contribution in [0.3, 0.4) is 0 Å². The summed E-state index contributed by atoms with van der Waals surface area (Å²) in [7, 11) is 3.20. The van der Waals surface area contributed by atoms with Crippen LogP contribution >= 0.6 is 11.3 Å². The molecule has 1 heterocycles. The van der Waals surface area contributed by atoms with E-state index in [1.807, 2.05) is 66.0 Å². The Hall–Kier alpha value is -3.52. The molecule has 4 aromatic rings. The van der Waals surface area contributed by atoms with Gasteiger partial charge < -0.3 is 9.84 Å². The summed E-state index contributed by atoms with van der Waals surface area (Å²) in [6.07, 6.45) is 0. The third-order valence-electron chi connectivity index (χ3n) is 4.88. The number of rotatable bonds is 7. The van der Waals surface area contributed by atoms with Crippen molar-refractivity contribution in [2.75, 3.05) is 14.2 Å². The van der Waals surface area contributed by atoms with E-state index in [0.717, 1.165) is 38.8 Å². The van der Waals surface area contributed by atoms with E-state index in [0.29, 0.717) is 5.56 Å². The van der Waals surface area contributed by atoms with Crippen molar-refractivity contribution in [2.45, 2.75) is 0 Å². The highest BCUT2D eigenvalue weighted by Gasteiger charge is 2.18. The zero-order chi connectivity index (χ0) is 21.8. The lowest BCUT2D eigenvalue weighted by molar-refractivity contribution is -0.829. The number of carboxylic acid groups (broad SMARTS) is 1. The number of hydrogen-bond acceptors (Lipinski definition) is 5. The highest BCUT2D eigenvalue weighted by molar-refractivity contribution is 7.13. The second-order valence-corrected chi connectivity index (χ2v) is 7.63. The molecule has 0 unspecified atom stereocenters. The number of aromatic nitrogens is 1. The summed E-state index contributed by atoms with van der Waals surface area (Å²) in [4.78, 5) is 21.9. The molecule has 4 rings (SSSR count). The number of carbonyl (C=O) groups is 1. The van der Waals surface area contributed by atoms with Gasteiger partial charge >= 0.3 is 5.97 Å². The van der Waals surface area contributed by atoms with E-state index in [-0.39, 0.29) is 5.56 Å². The van der Waals surface area contributed by atoms with Gasteiger partial charge in [0.1, 0.15) is 10.8 Å². The fourth-order valence-corrected chi connectivity index (χ4v) is 4.19. The van der Waals surface area contributed by atoms with Gasteiger partial charge in [-0.05, 0) is 36.4 Å². The Balaban J connectivity index is 1.72. The minimum Gasteiger partial charge on any atom is -0.497 e. The van der Waals surface area contributed by atoms with Crippen molar-refractivity contribution in [1.29, 1.82) is 0 Å². The van der Waals surface area contributed by atoms with Crippen LogP contribution in [0.25, 0.3) is 33.0 Å². The summed E-state index contributed by atoms with van der Waals surface area (Å²) < 4.78 is 5.20. The summed E-state index contributed by atoms with van der Waals surface area (Å²) in [5.41, 5.74) is 6.65. The number of carboxylic acids is 1. The first-order chi connectivity index (χ1) is 15.1. The second kappa shape index (κ2) is 9.09. The van der Waals surface area contributed by atoms with Gasteiger partial charge in [-0.15, -0.1) is 11.3 Å². The molecular weight excluding hydrogens is 412 g/mol. The van der Waals surface area contributed by atoms with Crippen molar-refractivity contribution in [3.8, 4) is 38.7 Å². The highest BCUT2D eigenvalue weighted by atomic mass is 32.1. The van der Waals surface area contributed by atoms with Crippen LogP contribution < -0.4 is 10.2 Å². The predicted molar refractivity (Wildman–Crippen MR) is 121 cm³/mol. The number of nitrogens with zero attached hydrogens (tertiary/aromatic N) is 1. The van der Waals surface area contributed by atoms with Crippen molar-refractivity contribution in [1.82, 2.24) is 4.98 Å². The lowest BCUT2D eigenvalue weighted by Crippen LogP contribution is -2.76. The molecule has 0 saturated heterocycles. The van der Waals surface area contributed by atoms with Crippen LogP contribution in [0.5, 0.6) is 5.75 Å². The number of quaternary nitrogens is 1. The molecule has 0 aliphatic carbocycles. The molecule has 0 radical (unpaired) electrons. The highest BCUT2D eigenvalue weighted by Crippen LogP contribution is 2.34. The predicted octanol–water partition coefficient (Wildman–Crippen LogP) is 4.61. The maximum absolute atomic E-state index is 12.1. The molecular formula is C24H21N2O4S+. The Kier molecular flexibility index (Phi) is 6.08. The smallest absolute Gasteiger partial charge is 0.336 e. The number of hydrogen-bond donors (Lipinski definition) is 2. The van der Waals surface area contributed by atoms with Crippen LogP contribution in [-0.4, -0.2) is 30.3 Å². The van der Waals surface area contributed by atoms with E-state index in [1.165, 1.54) is 11.3 Å². The van der Waals surface area contributed by atoms with Crippen LogP contribution in [-0.2, 0) is 4.84 Å². The summed E-state index contributed by atoms with van der Waals surface area (Å²) in [5, 5.41) is 12.6. The van der Waals surface area contributed by atoms with Crippen molar-refractivity contribution < 1.29 is 25.0 Å². The monoisotopic (exact) mass is 433 g/mol. The minimum atomic E-state index is -0.990. The summed E-state index contributed by atoms with van der Waals surface area (Å²) in [5.74, 6) is -0.206. The van der Waals surface area contributed by atoms with Gasteiger partial charge in [-0.3, -0.25) is 0 Å². The lowest BCUT2D eigenvalue weighted by Gasteiger charge is -2.10. The third kappa shape index (κ3) is 4.34. The van der Waals surface area contributed by atoms with Crippen molar-refractivity contribution in [2.24, 2.45) is 0 Å². The second-order valence-electron chi connectivity index (χ2n) is 6.77. The molecule has 0 aliphatic rings. The topological polar surface area (TPSA) is 85.3 Å². The SMILES string of the molecule is CO[NH2+]c1ccccc1-c1ccc(-c2nc(-c3ccc(OC)cc3)cs2)cc1C(=O)O. The summed E-state index contributed by atoms with van der Waals surface area (Å²) >= 11 is 1.48. The molecule has 0 bridgehead atoms. The largest absolute Gasteiger partial charge is 0.497 e. The molecule has 1 aromatic heterocycles. The van der Waals surface area contributed by atoms with Crippen LogP contribution in [0.4, 0.5) is 5.69 Å². The molecule has 3 aromatic carbocycles. The number of thiazole rings is 1. The average Bonchev–Trinajstić information content (AvgIpc) is 3.30. The fraction of sp³-hybridized carbons (Fsp3) is 0.0833. The third-order valence-corrected chi connectivity index (χ3v) is 5.77. The fourth-order valence-electron chi connectivity index (χ4n) is 3.36. The molecule has 0 fully saturated rings. The Labute approximate surface area is 183 Å². The number of nitrogens with two attached hydrogens (primary N) is 1. The van der Waals surface area contributed by atoms with Crippen LogP contribution in [0, 0.1) is 0 Å². The first-order valence-electron chi connectivity index (χ1n) is 9.54. The van der Waals surface area contributed by atoms with E-state index in [1.54, 1.807) is 25.8 Å². The molecule has 0 atom stereocenters. The Morgan fingerprint density at radius 2 is 1.71 bits per heavy atom. The Morgan fingerprint density at radius 3 is 2.42 bits per heavy atom. The molecule has 0 saturated carbocycles. The number of benzene rings is 3. The number of methoxy groups -OCH3 is 1. The molecule has 0 amide bonds. The van der Waals surface area contributed by atoms with Gasteiger partial charge in [-0.2, -0.15) is 5.48 Å². The molecule has 6 nitrogen and oxygen atoms in total. The van der Waals surface area contributed by atoms with Gasteiger partial charge in [0.25, 0.3) is 0 Å². The molecule has 3 N–H and O–H groups in total. The van der Waals surface area contributed by atoms with Crippen molar-refractivity contribution in [3.05, 3.63) is 77.7 Å². The normalized spacial score (nSPS) is 10.8. The van der Waals surface area contributed by atoms with E-state index in [9.17, 15) is 9.90 Å². The van der Waals surface area contributed by atoms with Gasteiger partial charge in [-0.1, -0.05) is 24.3 Å². The first kappa shape index (κ1) is 20.7. The van der Waals surface area contributed by atoms with Gasteiger partial charge in [0.05, 0.1) is 25.5 Å². The average molecular weight is 434 g/mol. The van der Waals surface area contributed by atoms with Gasteiger partial charge in [-0.25, -0.2) is 14.6 Å². The molecule has 31 heavy (non-hydrogen) atoms. The molecule has 0 aliphatic heterocycles. The minimum absolute atomic E-state index is 0.218. The number of aromatic carboxylic acids is 1. The van der Waals surface area contributed by atoms with Gasteiger partial charge in [0, 0.05) is 33.7 Å². The maximum Gasteiger partial charge on any atom is 0.336 e. The molecule has 7 heteroatoms. The zero-order valence-electron chi connectivity index (χ0n) is 17.0. The quantitative estimate of drug-likeness (QED) is 0.328. The zero-order valence-corrected chi connectivity index (χ0v) is 17.8. The van der Waals surface area contributed by atoms with Crippen LogP contribution in [0.15, 0.2) is 72.1 Å². The summed E-state index contributed by atoms with van der Waals surface area (Å²) in [6.45, 7) is 0. The summed E-state index contributed by atoms with van der Waals surface area (Å²) in [6, 6.07) is 20.6. The first-order valence-corrected chi connectivity index (χ1v) is 10.4. The van der Waals surface area contributed by atoms with Crippen LogP contribution in [0.1, 0.15) is 10.4 Å². The van der Waals surface area contributed by atoms with Crippen molar-refractivity contribution >= 4 is 23.0 Å². The van der Waals surface area contributed by atoms with Crippen molar-refractivity contribution in [3.63, 3.8) is 0 Å². The van der Waals surface area contributed by atoms with E-state index in [4.69, 9.17) is 14.6 Å². The lowest BCUT2D eigenvalue weighted by atomic mass is 9.96. The van der Waals surface area contributed by atoms with E-state index in [2.05, 4.69) is 0 Å².